The quantitative estimate of drug-likeness (QED) is 0.750. The van der Waals surface area contributed by atoms with Crippen molar-refractivity contribution in [3.05, 3.63) is 65.1 Å². The molecule has 1 aromatic heterocycles. The second-order valence-corrected chi connectivity index (χ2v) is 6.18. The lowest BCUT2D eigenvalue weighted by Crippen LogP contribution is -2.25. The molecule has 126 valence electrons. The van der Waals surface area contributed by atoms with E-state index in [2.05, 4.69) is 37.5 Å². The molecule has 0 saturated carbocycles. The minimum Gasteiger partial charge on any atom is -0.325 e. The Labute approximate surface area is 149 Å². The van der Waals surface area contributed by atoms with Crippen molar-refractivity contribution in [1.82, 2.24) is 15.2 Å². The number of nitrogens with one attached hydrogen (secondary N) is 1. The molecule has 0 spiro atoms. The summed E-state index contributed by atoms with van der Waals surface area (Å²) < 4.78 is 13.3. The lowest BCUT2D eigenvalue weighted by Gasteiger charge is -2.30. The molecule has 2 aromatic carbocycles. The number of rotatable bonds is 3. The van der Waals surface area contributed by atoms with Crippen LogP contribution in [0.5, 0.6) is 0 Å². The standard InChI is InChI=1S/C18H15ClFN5/c19-14-10-13(7-8-15(14)20)22-18-23-17(11-21-24-18)25-9-3-5-12-4-1-2-6-16(12)25/h1-2,4,6-8,10-11H,3,5,9H2,(H,22,23,24). The highest BCUT2D eigenvalue weighted by molar-refractivity contribution is 6.31. The van der Waals surface area contributed by atoms with E-state index in [9.17, 15) is 4.39 Å². The number of aryl methyl sites for hydroxylation is 1. The van der Waals surface area contributed by atoms with Gasteiger partial charge in [0, 0.05) is 17.9 Å². The van der Waals surface area contributed by atoms with Crippen LogP contribution < -0.4 is 10.2 Å². The van der Waals surface area contributed by atoms with E-state index in [-0.39, 0.29) is 5.02 Å². The average molecular weight is 356 g/mol. The molecule has 1 N–H and O–H groups in total. The predicted molar refractivity (Wildman–Crippen MR) is 96.3 cm³/mol. The van der Waals surface area contributed by atoms with Crippen molar-refractivity contribution in [2.24, 2.45) is 0 Å². The highest BCUT2D eigenvalue weighted by Gasteiger charge is 2.19. The van der Waals surface area contributed by atoms with Crippen LogP contribution in [0.25, 0.3) is 0 Å². The van der Waals surface area contributed by atoms with Gasteiger partial charge in [-0.25, -0.2) is 4.39 Å². The van der Waals surface area contributed by atoms with Crippen LogP contribution in [0.4, 0.5) is 27.5 Å². The van der Waals surface area contributed by atoms with Gasteiger partial charge in [-0.1, -0.05) is 29.8 Å². The molecule has 1 aliphatic heterocycles. The van der Waals surface area contributed by atoms with Crippen molar-refractivity contribution in [3.63, 3.8) is 0 Å². The topological polar surface area (TPSA) is 53.9 Å². The smallest absolute Gasteiger partial charge is 0.249 e. The molecule has 0 radical (unpaired) electrons. The average Bonchev–Trinajstić information content (AvgIpc) is 2.64. The maximum absolute atomic E-state index is 13.3. The molecular formula is C18H15ClFN5. The van der Waals surface area contributed by atoms with Crippen LogP contribution in [0.2, 0.25) is 5.02 Å². The number of aromatic nitrogens is 3. The van der Waals surface area contributed by atoms with E-state index < -0.39 is 5.82 Å². The van der Waals surface area contributed by atoms with Crippen LogP contribution in [-0.2, 0) is 6.42 Å². The van der Waals surface area contributed by atoms with Gasteiger partial charge < -0.3 is 10.2 Å². The van der Waals surface area contributed by atoms with E-state index >= 15 is 0 Å². The number of nitrogens with zero attached hydrogens (tertiary/aromatic N) is 4. The Bertz CT molecular complexity index is 917. The summed E-state index contributed by atoms with van der Waals surface area (Å²) in [5, 5.41) is 11.1. The second kappa shape index (κ2) is 6.64. The monoisotopic (exact) mass is 355 g/mol. The summed E-state index contributed by atoms with van der Waals surface area (Å²) >= 11 is 5.81. The molecule has 3 aromatic rings. The Kier molecular flexibility index (Phi) is 4.19. The third kappa shape index (κ3) is 3.25. The summed E-state index contributed by atoms with van der Waals surface area (Å²) in [6.45, 7) is 0.873. The van der Waals surface area contributed by atoms with Crippen molar-refractivity contribution in [2.45, 2.75) is 12.8 Å². The summed E-state index contributed by atoms with van der Waals surface area (Å²) in [6, 6.07) is 12.6. The number of anilines is 4. The van der Waals surface area contributed by atoms with Crippen LogP contribution in [0.1, 0.15) is 12.0 Å². The first kappa shape index (κ1) is 15.8. The third-order valence-corrected chi connectivity index (χ3v) is 4.40. The summed E-state index contributed by atoms with van der Waals surface area (Å²) in [7, 11) is 0. The number of hydrogen-bond donors (Lipinski definition) is 1. The first-order chi connectivity index (χ1) is 12.2. The Morgan fingerprint density at radius 2 is 2.04 bits per heavy atom. The molecule has 4 rings (SSSR count). The first-order valence-corrected chi connectivity index (χ1v) is 8.36. The van der Waals surface area contributed by atoms with E-state index in [1.54, 1.807) is 12.3 Å². The van der Waals surface area contributed by atoms with Crippen LogP contribution in [0, 0.1) is 5.82 Å². The lowest BCUT2D eigenvalue weighted by molar-refractivity contribution is 0.628. The summed E-state index contributed by atoms with van der Waals surface area (Å²) in [5.41, 5.74) is 3.04. The number of hydrogen-bond acceptors (Lipinski definition) is 5. The molecule has 7 heteroatoms. The van der Waals surface area contributed by atoms with Gasteiger partial charge >= 0.3 is 0 Å². The number of fused-ring (bicyclic) bond motifs is 1. The molecule has 1 aliphatic rings. The molecule has 0 amide bonds. The van der Waals surface area contributed by atoms with E-state index in [0.29, 0.717) is 11.6 Å². The summed E-state index contributed by atoms with van der Waals surface area (Å²) in [4.78, 5) is 6.68. The third-order valence-electron chi connectivity index (χ3n) is 4.11. The van der Waals surface area contributed by atoms with Crippen LogP contribution >= 0.6 is 11.6 Å². The van der Waals surface area contributed by atoms with Crippen molar-refractivity contribution >= 4 is 34.7 Å². The van der Waals surface area contributed by atoms with Crippen LogP contribution in [-0.4, -0.2) is 21.7 Å². The number of benzene rings is 2. The zero-order valence-electron chi connectivity index (χ0n) is 13.3. The van der Waals surface area contributed by atoms with Gasteiger partial charge in [-0.15, -0.1) is 5.10 Å². The fraction of sp³-hybridized carbons (Fsp3) is 0.167. The maximum atomic E-state index is 13.3. The van der Waals surface area contributed by atoms with E-state index in [1.165, 1.54) is 17.7 Å². The zero-order valence-corrected chi connectivity index (χ0v) is 14.0. The van der Waals surface area contributed by atoms with E-state index in [4.69, 9.17) is 11.6 Å². The molecule has 0 aliphatic carbocycles. The maximum Gasteiger partial charge on any atom is 0.249 e. The van der Waals surface area contributed by atoms with Gasteiger partial charge in [0.2, 0.25) is 5.95 Å². The van der Waals surface area contributed by atoms with Gasteiger partial charge in [0.25, 0.3) is 0 Å². The van der Waals surface area contributed by atoms with Crippen LogP contribution in [0.3, 0.4) is 0 Å². The number of halogens is 2. The van der Waals surface area contributed by atoms with Crippen molar-refractivity contribution in [3.8, 4) is 0 Å². The molecular weight excluding hydrogens is 341 g/mol. The molecule has 0 atom stereocenters. The largest absolute Gasteiger partial charge is 0.325 e. The predicted octanol–water partition coefficient (Wildman–Crippen LogP) is 4.49. The fourth-order valence-electron chi connectivity index (χ4n) is 2.95. The molecule has 0 fully saturated rings. The Balaban J connectivity index is 1.63. The normalized spacial score (nSPS) is 13.4. The van der Waals surface area contributed by atoms with E-state index in [0.717, 1.165) is 30.9 Å². The molecule has 0 saturated heterocycles. The molecule has 0 bridgehead atoms. The van der Waals surface area contributed by atoms with Gasteiger partial charge in [0.05, 0.1) is 11.2 Å². The number of para-hydroxylation sites is 1. The molecule has 25 heavy (non-hydrogen) atoms. The second-order valence-electron chi connectivity index (χ2n) is 5.78. The van der Waals surface area contributed by atoms with E-state index in [1.807, 2.05) is 12.1 Å². The van der Waals surface area contributed by atoms with Crippen molar-refractivity contribution < 1.29 is 4.39 Å². The Hall–Kier alpha value is -2.73. The minimum absolute atomic E-state index is 0.0408. The summed E-state index contributed by atoms with van der Waals surface area (Å²) in [6.07, 6.45) is 3.76. The SMILES string of the molecule is Fc1ccc(Nc2nncc(N3CCCc4ccccc43)n2)cc1Cl. The summed E-state index contributed by atoms with van der Waals surface area (Å²) in [5.74, 6) is 0.589. The van der Waals surface area contributed by atoms with Crippen molar-refractivity contribution in [1.29, 1.82) is 0 Å². The highest BCUT2D eigenvalue weighted by atomic mass is 35.5. The highest BCUT2D eigenvalue weighted by Crippen LogP contribution is 2.32. The van der Waals surface area contributed by atoms with Gasteiger partial charge in [-0.05, 0) is 42.7 Å². The lowest BCUT2D eigenvalue weighted by atomic mass is 10.0. The van der Waals surface area contributed by atoms with Gasteiger partial charge in [-0.2, -0.15) is 10.1 Å². The Morgan fingerprint density at radius 3 is 2.92 bits per heavy atom. The molecule has 0 unspecified atom stereocenters. The first-order valence-electron chi connectivity index (χ1n) is 7.98. The minimum atomic E-state index is -0.468. The molecule has 2 heterocycles. The Morgan fingerprint density at radius 1 is 1.16 bits per heavy atom. The van der Waals surface area contributed by atoms with Gasteiger partial charge in [-0.3, -0.25) is 0 Å². The van der Waals surface area contributed by atoms with Gasteiger partial charge in [0.15, 0.2) is 5.82 Å². The fourth-order valence-corrected chi connectivity index (χ4v) is 3.13. The molecule has 5 nitrogen and oxygen atoms in total. The van der Waals surface area contributed by atoms with Crippen molar-refractivity contribution in [2.75, 3.05) is 16.8 Å². The van der Waals surface area contributed by atoms with Gasteiger partial charge in [0.1, 0.15) is 5.82 Å². The van der Waals surface area contributed by atoms with Crippen LogP contribution in [0.15, 0.2) is 48.7 Å². The zero-order chi connectivity index (χ0) is 17.2.